The molecule has 3 amide bonds. The third kappa shape index (κ3) is 4.94. The van der Waals surface area contributed by atoms with Crippen molar-refractivity contribution >= 4 is 46.4 Å². The highest BCUT2D eigenvalue weighted by molar-refractivity contribution is 7.80. The van der Waals surface area contributed by atoms with E-state index in [-0.39, 0.29) is 11.5 Å². The van der Waals surface area contributed by atoms with Crippen molar-refractivity contribution in [2.75, 3.05) is 10.2 Å². The molecule has 3 aromatic carbocycles. The molecule has 1 atom stereocenters. The van der Waals surface area contributed by atoms with Crippen LogP contribution in [0.4, 0.5) is 15.8 Å². The first kappa shape index (κ1) is 23.1. The Kier molecular flexibility index (Phi) is 6.65. The summed E-state index contributed by atoms with van der Waals surface area (Å²) in [4.78, 5) is 40.1. The van der Waals surface area contributed by atoms with Crippen molar-refractivity contribution in [3.05, 3.63) is 95.8 Å². The lowest BCUT2D eigenvalue weighted by Gasteiger charge is -2.24. The summed E-state index contributed by atoms with van der Waals surface area (Å²) in [5, 5.41) is 3.97. The van der Waals surface area contributed by atoms with Crippen molar-refractivity contribution < 1.29 is 18.8 Å². The van der Waals surface area contributed by atoms with E-state index in [1.165, 1.54) is 34.2 Å². The van der Waals surface area contributed by atoms with E-state index in [1.807, 2.05) is 19.1 Å². The fourth-order valence-corrected chi connectivity index (χ4v) is 3.97. The molecule has 1 aliphatic heterocycles. The fraction of sp³-hybridized carbons (Fsp3) is 0.120. The summed E-state index contributed by atoms with van der Waals surface area (Å²) < 4.78 is 13.4. The predicted octanol–water partition coefficient (Wildman–Crippen LogP) is 3.81. The van der Waals surface area contributed by atoms with Crippen molar-refractivity contribution in [3.8, 4) is 0 Å². The van der Waals surface area contributed by atoms with Crippen LogP contribution in [0, 0.1) is 12.7 Å². The summed E-state index contributed by atoms with van der Waals surface area (Å²) >= 11 is 5.49. The van der Waals surface area contributed by atoms with Gasteiger partial charge in [-0.05, 0) is 73.2 Å². The van der Waals surface area contributed by atoms with Crippen molar-refractivity contribution in [2.24, 2.45) is 0 Å². The molecule has 1 fully saturated rings. The summed E-state index contributed by atoms with van der Waals surface area (Å²) in [6.07, 6.45) is -0.264. The fourth-order valence-electron chi connectivity index (χ4n) is 3.60. The van der Waals surface area contributed by atoms with Gasteiger partial charge in [-0.1, -0.05) is 30.3 Å². The van der Waals surface area contributed by atoms with Gasteiger partial charge in [0.15, 0.2) is 0 Å². The van der Waals surface area contributed by atoms with E-state index in [0.29, 0.717) is 16.9 Å². The van der Waals surface area contributed by atoms with Crippen LogP contribution in [0.5, 0.6) is 0 Å². The second-order valence-corrected chi connectivity index (χ2v) is 8.11. The number of amides is 3. The van der Waals surface area contributed by atoms with Gasteiger partial charge in [0.05, 0.1) is 12.1 Å². The molecule has 0 spiro atoms. The summed E-state index contributed by atoms with van der Waals surface area (Å²) in [5.74, 6) is -1.89. The molecule has 9 heteroatoms. The molecule has 0 aliphatic carbocycles. The van der Waals surface area contributed by atoms with Gasteiger partial charge in [0.1, 0.15) is 11.9 Å². The molecule has 1 saturated heterocycles. The number of nitrogens with one attached hydrogen (secondary N) is 2. The Morgan fingerprint density at radius 3 is 2.38 bits per heavy atom. The summed E-state index contributed by atoms with van der Waals surface area (Å²) in [7, 11) is 0. The molecule has 2 N–H and O–H groups in total. The number of halogens is 1. The van der Waals surface area contributed by atoms with E-state index in [2.05, 4.69) is 10.7 Å². The summed E-state index contributed by atoms with van der Waals surface area (Å²) in [5.41, 5.74) is 4.90. The normalized spacial score (nSPS) is 15.4. The Morgan fingerprint density at radius 2 is 1.71 bits per heavy atom. The van der Waals surface area contributed by atoms with Gasteiger partial charge in [0, 0.05) is 11.3 Å². The lowest BCUT2D eigenvalue weighted by atomic mass is 10.1. The lowest BCUT2D eigenvalue weighted by Crippen LogP contribution is -2.49. The standard InChI is InChI=1S/C25H21FN4O3S/c1-16-6-5-9-19(14-16)27-22(31)15-21-24(33)29(20-12-10-18(26)11-13-20)25(34)30(21)28-23(32)17-7-3-2-4-8-17/h2-14,21H,15H2,1H3,(H,27,31)(H,28,32). The van der Waals surface area contributed by atoms with E-state index in [0.717, 1.165) is 5.56 Å². The molecule has 1 unspecified atom stereocenters. The Balaban J connectivity index is 1.60. The average Bonchev–Trinajstić information content (AvgIpc) is 3.04. The van der Waals surface area contributed by atoms with Crippen LogP contribution in [0.25, 0.3) is 0 Å². The van der Waals surface area contributed by atoms with Gasteiger partial charge >= 0.3 is 0 Å². The SMILES string of the molecule is Cc1cccc(NC(=O)CC2C(=O)N(c3ccc(F)cc3)C(=S)N2NC(=O)c2ccccc2)c1. The molecule has 3 aromatic rings. The van der Waals surface area contributed by atoms with Crippen LogP contribution in [0.2, 0.25) is 0 Å². The third-order valence-electron chi connectivity index (χ3n) is 5.24. The Labute approximate surface area is 201 Å². The van der Waals surface area contributed by atoms with Gasteiger partial charge in [0.2, 0.25) is 11.0 Å². The van der Waals surface area contributed by atoms with Crippen molar-refractivity contribution in [2.45, 2.75) is 19.4 Å². The number of nitrogens with zero attached hydrogens (tertiary/aromatic N) is 2. The number of hydrogen-bond donors (Lipinski definition) is 2. The zero-order valence-electron chi connectivity index (χ0n) is 18.2. The first-order valence-electron chi connectivity index (χ1n) is 10.5. The number of hydrogen-bond acceptors (Lipinski definition) is 4. The number of benzene rings is 3. The second-order valence-electron chi connectivity index (χ2n) is 7.75. The molecule has 0 saturated carbocycles. The van der Waals surface area contributed by atoms with Gasteiger partial charge in [-0.15, -0.1) is 0 Å². The maximum absolute atomic E-state index is 13.4. The van der Waals surface area contributed by atoms with Crippen LogP contribution in [-0.2, 0) is 9.59 Å². The maximum atomic E-state index is 13.4. The molecular weight excluding hydrogens is 455 g/mol. The molecule has 34 heavy (non-hydrogen) atoms. The molecule has 1 heterocycles. The monoisotopic (exact) mass is 476 g/mol. The highest BCUT2D eigenvalue weighted by atomic mass is 32.1. The number of aryl methyl sites for hydroxylation is 1. The van der Waals surface area contributed by atoms with Gasteiger partial charge < -0.3 is 5.32 Å². The molecule has 4 rings (SSSR count). The van der Waals surface area contributed by atoms with Gasteiger partial charge in [-0.2, -0.15) is 0 Å². The van der Waals surface area contributed by atoms with Crippen molar-refractivity contribution in [1.29, 1.82) is 0 Å². The predicted molar refractivity (Wildman–Crippen MR) is 130 cm³/mol. The highest BCUT2D eigenvalue weighted by Gasteiger charge is 2.45. The number of carbonyl (C=O) groups is 3. The number of rotatable bonds is 6. The molecular formula is C25H21FN4O3S. The smallest absolute Gasteiger partial charge is 0.269 e. The maximum Gasteiger partial charge on any atom is 0.269 e. The van der Waals surface area contributed by atoms with Crippen LogP contribution in [-0.4, -0.2) is 33.9 Å². The molecule has 0 bridgehead atoms. The van der Waals surface area contributed by atoms with E-state index in [1.54, 1.807) is 42.5 Å². The van der Waals surface area contributed by atoms with Crippen LogP contribution >= 0.6 is 12.2 Å². The van der Waals surface area contributed by atoms with E-state index >= 15 is 0 Å². The molecule has 7 nitrogen and oxygen atoms in total. The molecule has 0 aromatic heterocycles. The van der Waals surface area contributed by atoms with Crippen molar-refractivity contribution in [3.63, 3.8) is 0 Å². The molecule has 172 valence electrons. The first-order valence-corrected chi connectivity index (χ1v) is 10.9. The third-order valence-corrected chi connectivity index (χ3v) is 5.62. The summed E-state index contributed by atoms with van der Waals surface area (Å²) in [6.45, 7) is 1.90. The number of hydrazine groups is 1. The van der Waals surface area contributed by atoms with Gasteiger partial charge in [-0.3, -0.25) is 24.7 Å². The minimum absolute atomic E-state index is 0.0192. The Morgan fingerprint density at radius 1 is 1.00 bits per heavy atom. The van der Waals surface area contributed by atoms with E-state index in [4.69, 9.17) is 12.2 Å². The zero-order chi connectivity index (χ0) is 24.2. The van der Waals surface area contributed by atoms with Crippen molar-refractivity contribution in [1.82, 2.24) is 10.4 Å². The van der Waals surface area contributed by atoms with Gasteiger partial charge in [0.25, 0.3) is 11.8 Å². The Bertz CT molecular complexity index is 1250. The zero-order valence-corrected chi connectivity index (χ0v) is 19.0. The largest absolute Gasteiger partial charge is 0.326 e. The van der Waals surface area contributed by atoms with Crippen LogP contribution in [0.3, 0.4) is 0 Å². The van der Waals surface area contributed by atoms with Crippen LogP contribution < -0.4 is 15.6 Å². The number of anilines is 2. The minimum Gasteiger partial charge on any atom is -0.326 e. The first-order chi connectivity index (χ1) is 16.3. The summed E-state index contributed by atoms with van der Waals surface area (Å²) in [6, 6.07) is 19.8. The number of carbonyl (C=O) groups excluding carboxylic acids is 3. The van der Waals surface area contributed by atoms with E-state index < -0.39 is 29.6 Å². The average molecular weight is 477 g/mol. The van der Waals surface area contributed by atoms with E-state index in [9.17, 15) is 18.8 Å². The topological polar surface area (TPSA) is 81.8 Å². The second kappa shape index (κ2) is 9.80. The molecule has 1 aliphatic rings. The van der Waals surface area contributed by atoms with Gasteiger partial charge in [-0.25, -0.2) is 9.40 Å². The number of thiocarbonyl (C=S) groups is 1. The quantitative estimate of drug-likeness (QED) is 0.529. The highest BCUT2D eigenvalue weighted by Crippen LogP contribution is 2.27. The minimum atomic E-state index is -1.09. The lowest BCUT2D eigenvalue weighted by molar-refractivity contribution is -0.124. The molecule has 0 radical (unpaired) electrons. The van der Waals surface area contributed by atoms with Crippen LogP contribution in [0.1, 0.15) is 22.3 Å². The Hall–Kier alpha value is -4.11. The van der Waals surface area contributed by atoms with Crippen LogP contribution in [0.15, 0.2) is 78.9 Å².